The molecular weight excluding hydrogens is 445 g/mol. The zero-order chi connectivity index (χ0) is 24.6. The Balaban J connectivity index is 1.73. The van der Waals surface area contributed by atoms with Gasteiger partial charge < -0.3 is 13.9 Å². The maximum atomic E-state index is 14.0. The van der Waals surface area contributed by atoms with Crippen LogP contribution in [0.5, 0.6) is 0 Å². The monoisotopic (exact) mass is 483 g/mol. The van der Waals surface area contributed by atoms with Crippen LogP contribution in [0.25, 0.3) is 11.0 Å². The number of nitriles is 1. The van der Waals surface area contributed by atoms with Gasteiger partial charge in [-0.1, -0.05) is 27.7 Å². The van der Waals surface area contributed by atoms with E-state index in [-0.39, 0.29) is 16.9 Å². The lowest BCUT2D eigenvalue weighted by Gasteiger charge is -2.37. The molecule has 0 atom stereocenters. The molecule has 0 amide bonds. The lowest BCUT2D eigenvalue weighted by atomic mass is 9.88. The molecule has 2 aromatic rings. The fourth-order valence-corrected chi connectivity index (χ4v) is 9.40. The van der Waals surface area contributed by atoms with Gasteiger partial charge in [0.1, 0.15) is 5.58 Å². The van der Waals surface area contributed by atoms with E-state index in [1.165, 1.54) is 16.8 Å². The summed E-state index contributed by atoms with van der Waals surface area (Å²) in [5.41, 5.74) is 5.98. The van der Waals surface area contributed by atoms with E-state index in [1.54, 1.807) is 0 Å². The molecule has 2 aliphatic rings. The second-order valence-corrected chi connectivity index (χ2v) is 14.4. The van der Waals surface area contributed by atoms with Crippen molar-refractivity contribution in [2.75, 3.05) is 31.1 Å². The van der Waals surface area contributed by atoms with Crippen LogP contribution in [0.15, 0.2) is 15.3 Å². The van der Waals surface area contributed by atoms with Crippen molar-refractivity contribution in [3.05, 3.63) is 38.7 Å². The van der Waals surface area contributed by atoms with Crippen LogP contribution in [0.3, 0.4) is 0 Å². The van der Waals surface area contributed by atoms with Crippen molar-refractivity contribution >= 4 is 23.9 Å². The van der Waals surface area contributed by atoms with Crippen molar-refractivity contribution in [1.82, 2.24) is 4.67 Å². The Kier molecular flexibility index (Phi) is 7.27. The third kappa shape index (κ3) is 4.23. The van der Waals surface area contributed by atoms with Gasteiger partial charge >= 0.3 is 5.63 Å². The Morgan fingerprint density at radius 3 is 2.47 bits per heavy atom. The molecule has 0 saturated carbocycles. The van der Waals surface area contributed by atoms with Crippen molar-refractivity contribution in [2.45, 2.75) is 84.5 Å². The summed E-state index contributed by atoms with van der Waals surface area (Å²) in [6.07, 6.45) is 5.05. The van der Waals surface area contributed by atoms with Crippen LogP contribution in [-0.4, -0.2) is 42.2 Å². The normalized spacial score (nSPS) is 15.9. The molecule has 0 unspecified atom stereocenters. The molecule has 1 aromatic heterocycles. The first kappa shape index (κ1) is 25.0. The summed E-state index contributed by atoms with van der Waals surface area (Å²) >= 11 is 0. The fourth-order valence-electron chi connectivity index (χ4n) is 6.08. The lowest BCUT2D eigenvalue weighted by molar-refractivity contribution is 0.404. The highest BCUT2D eigenvalue weighted by molar-refractivity contribution is 7.62. The highest BCUT2D eigenvalue weighted by Gasteiger charge is 2.37. The van der Waals surface area contributed by atoms with Crippen LogP contribution in [-0.2, 0) is 23.8 Å². The van der Waals surface area contributed by atoms with Crippen molar-refractivity contribution in [3.8, 4) is 6.07 Å². The van der Waals surface area contributed by atoms with Crippen molar-refractivity contribution in [2.24, 2.45) is 0 Å². The summed E-state index contributed by atoms with van der Waals surface area (Å²) in [6, 6.07) is 4.44. The molecule has 0 bridgehead atoms. The fraction of sp³-hybridized carbons (Fsp3) is 0.630. The molecular formula is C27H38N3O3P. The highest BCUT2D eigenvalue weighted by atomic mass is 31.2. The molecule has 4 rings (SSSR count). The Morgan fingerprint density at radius 1 is 1.15 bits per heavy atom. The molecule has 1 aromatic carbocycles. The van der Waals surface area contributed by atoms with Crippen LogP contribution >= 0.6 is 7.29 Å². The summed E-state index contributed by atoms with van der Waals surface area (Å²) in [5.74, 6) is 0. The van der Waals surface area contributed by atoms with Gasteiger partial charge in [0.2, 0.25) is 0 Å². The van der Waals surface area contributed by atoms with E-state index in [2.05, 4.69) is 17.0 Å². The van der Waals surface area contributed by atoms with Crippen molar-refractivity contribution in [3.63, 3.8) is 0 Å². The minimum absolute atomic E-state index is 0.0112. The van der Waals surface area contributed by atoms with Crippen molar-refractivity contribution < 1.29 is 8.98 Å². The van der Waals surface area contributed by atoms with Crippen LogP contribution < -0.4 is 10.5 Å². The number of hydrogen-bond acceptors (Lipinski definition) is 5. The molecule has 2 aliphatic heterocycles. The minimum atomic E-state index is -2.70. The Morgan fingerprint density at radius 2 is 1.82 bits per heavy atom. The SMILES string of the molecule is Cc1c(CCN(CCC#N)P(=O)(C(C)C)C(C)C)c(=O)oc2c3c4c(cc12)CCCN4CCC3. The predicted molar refractivity (Wildman–Crippen MR) is 139 cm³/mol. The topological polar surface area (TPSA) is 77.5 Å². The summed E-state index contributed by atoms with van der Waals surface area (Å²) in [6.45, 7) is 13.1. The predicted octanol–water partition coefficient (Wildman–Crippen LogP) is 5.65. The molecule has 0 spiro atoms. The molecule has 0 saturated heterocycles. The zero-order valence-electron chi connectivity index (χ0n) is 21.3. The average Bonchev–Trinajstić information content (AvgIpc) is 2.81. The molecule has 7 heteroatoms. The summed E-state index contributed by atoms with van der Waals surface area (Å²) in [7, 11) is -2.70. The number of fused-ring (bicyclic) bond motifs is 2. The van der Waals surface area contributed by atoms with Crippen LogP contribution in [0.2, 0.25) is 0 Å². The Labute approximate surface area is 203 Å². The number of hydrogen-bond donors (Lipinski definition) is 0. The maximum absolute atomic E-state index is 14.0. The third-order valence-electron chi connectivity index (χ3n) is 7.79. The average molecular weight is 484 g/mol. The van der Waals surface area contributed by atoms with Gasteiger partial charge in [0.05, 0.1) is 6.07 Å². The number of anilines is 1. The van der Waals surface area contributed by atoms with Gasteiger partial charge in [-0.2, -0.15) is 5.26 Å². The van der Waals surface area contributed by atoms with Crippen molar-refractivity contribution in [1.29, 1.82) is 5.26 Å². The lowest BCUT2D eigenvalue weighted by Crippen LogP contribution is -2.34. The molecule has 0 fully saturated rings. The molecule has 3 heterocycles. The van der Waals surface area contributed by atoms with Crippen LogP contribution in [0.1, 0.15) is 69.2 Å². The number of aryl methyl sites for hydroxylation is 3. The largest absolute Gasteiger partial charge is 0.422 e. The first-order valence-corrected chi connectivity index (χ1v) is 14.6. The highest BCUT2D eigenvalue weighted by Crippen LogP contribution is 2.58. The molecule has 6 nitrogen and oxygen atoms in total. The molecule has 184 valence electrons. The number of nitrogens with zero attached hydrogens (tertiary/aromatic N) is 3. The van der Waals surface area contributed by atoms with Gasteiger partial charge in [0, 0.05) is 66.1 Å². The van der Waals surface area contributed by atoms with Crippen LogP contribution in [0.4, 0.5) is 5.69 Å². The molecule has 0 N–H and O–H groups in total. The van der Waals surface area contributed by atoms with E-state index in [1.807, 2.05) is 39.3 Å². The smallest absolute Gasteiger partial charge is 0.339 e. The quantitative estimate of drug-likeness (QED) is 0.357. The summed E-state index contributed by atoms with van der Waals surface area (Å²) in [5, 5.41) is 10.2. The number of rotatable bonds is 8. The van der Waals surface area contributed by atoms with Gasteiger partial charge in [0.15, 0.2) is 7.29 Å². The molecule has 34 heavy (non-hydrogen) atoms. The van der Waals surface area contributed by atoms with E-state index < -0.39 is 7.29 Å². The van der Waals surface area contributed by atoms with Gasteiger partial charge in [0.25, 0.3) is 0 Å². The van der Waals surface area contributed by atoms with Gasteiger partial charge in [-0.3, -0.25) is 4.67 Å². The van der Waals surface area contributed by atoms with Gasteiger partial charge in [-0.05, 0) is 56.2 Å². The van der Waals surface area contributed by atoms with E-state index in [0.717, 1.165) is 55.3 Å². The minimum Gasteiger partial charge on any atom is -0.422 e. The van der Waals surface area contributed by atoms with E-state index in [4.69, 9.17) is 4.42 Å². The van der Waals surface area contributed by atoms with Crippen LogP contribution in [0, 0.1) is 18.3 Å². The van der Waals surface area contributed by atoms with Gasteiger partial charge in [-0.25, -0.2) is 4.79 Å². The second-order valence-electron chi connectivity index (χ2n) is 10.4. The van der Waals surface area contributed by atoms with E-state index in [0.29, 0.717) is 31.5 Å². The molecule has 0 radical (unpaired) electrons. The summed E-state index contributed by atoms with van der Waals surface area (Å²) < 4.78 is 22.0. The van der Waals surface area contributed by atoms with Gasteiger partial charge in [-0.15, -0.1) is 0 Å². The second kappa shape index (κ2) is 9.88. The first-order valence-electron chi connectivity index (χ1n) is 12.8. The van der Waals surface area contributed by atoms with E-state index >= 15 is 0 Å². The Hall–Kier alpha value is -2.09. The molecule has 0 aliphatic carbocycles. The standard InChI is InChI=1S/C27H38N3O3P/c1-18(2)34(32,19(3)4)30(15-8-12-28)16-11-22-20(5)24-17-21-9-6-13-29-14-7-10-23(25(21)29)26(24)33-27(22)31/h17-19H,6-11,13-16H2,1-5H3. The maximum Gasteiger partial charge on any atom is 0.339 e. The zero-order valence-corrected chi connectivity index (χ0v) is 22.2. The number of benzene rings is 1. The third-order valence-corrected chi connectivity index (χ3v) is 12.0. The first-order chi connectivity index (χ1) is 16.2. The Bertz CT molecular complexity index is 1210. The summed E-state index contributed by atoms with van der Waals surface area (Å²) in [4.78, 5) is 15.7. The van der Waals surface area contributed by atoms with E-state index in [9.17, 15) is 14.6 Å².